The van der Waals surface area contributed by atoms with Crippen LogP contribution in [-0.2, 0) is 4.79 Å². The van der Waals surface area contributed by atoms with E-state index in [-0.39, 0.29) is 0 Å². The van der Waals surface area contributed by atoms with Gasteiger partial charge in [-0.3, -0.25) is 0 Å². The Balaban J connectivity index is 2.82. The van der Waals surface area contributed by atoms with E-state index in [0.717, 1.165) is 11.7 Å². The Morgan fingerprint density at radius 2 is 2.29 bits per heavy atom. The van der Waals surface area contributed by atoms with Gasteiger partial charge in [0.2, 0.25) is 0 Å². The zero-order chi connectivity index (χ0) is 5.70. The van der Waals surface area contributed by atoms with Crippen LogP contribution < -0.4 is 0 Å². The van der Waals surface area contributed by atoms with E-state index in [9.17, 15) is 4.79 Å². The third-order valence-corrected chi connectivity index (χ3v) is 1.94. The monoisotopic (exact) mass is 166 g/mol. The molecule has 0 heterocycles. The minimum atomic E-state index is 0.323. The number of rotatable bonds is 3. The number of carbonyl (C=O) groups excluding carboxylic acids is 1. The predicted octanol–water partition coefficient (Wildman–Crippen LogP) is 1.14. The molecule has 0 aromatic heterocycles. The van der Waals surface area contributed by atoms with Crippen molar-refractivity contribution in [3.05, 3.63) is 0 Å². The van der Waals surface area contributed by atoms with E-state index in [1.54, 1.807) is 6.92 Å². The van der Waals surface area contributed by atoms with Crippen molar-refractivity contribution in [3.8, 4) is 0 Å². The molecule has 2 heteroatoms. The molecule has 0 spiro atoms. The van der Waals surface area contributed by atoms with Gasteiger partial charge < -0.3 is 0 Å². The van der Waals surface area contributed by atoms with Crippen molar-refractivity contribution in [1.29, 1.82) is 0 Å². The molecule has 0 fully saturated rings. The average Bonchev–Trinajstić information content (AvgIpc) is 1.61. The van der Waals surface area contributed by atoms with Crippen LogP contribution in [-0.4, -0.2) is 20.7 Å². The van der Waals surface area contributed by atoms with Gasteiger partial charge >= 0.3 is 50.0 Å². The van der Waals surface area contributed by atoms with Gasteiger partial charge in [-0.2, -0.15) is 0 Å². The summed E-state index contributed by atoms with van der Waals surface area (Å²) in [5.74, 6) is 2.47. The van der Waals surface area contributed by atoms with Crippen molar-refractivity contribution in [1.82, 2.24) is 0 Å². The number of hydrogen-bond donors (Lipinski definition) is 0. The second-order valence-electron chi connectivity index (χ2n) is 1.44. The van der Waals surface area contributed by atoms with Crippen molar-refractivity contribution < 1.29 is 4.79 Å². The van der Waals surface area contributed by atoms with Crippen molar-refractivity contribution in [2.24, 2.45) is 0 Å². The molecule has 0 aromatic rings. The predicted molar refractivity (Wildman–Crippen MR) is 31.7 cm³/mol. The Bertz CT molecular complexity index is 61.1. The van der Waals surface area contributed by atoms with Gasteiger partial charge in [0, 0.05) is 0 Å². The molecule has 0 unspecified atom stereocenters. The molecule has 0 amide bonds. The summed E-state index contributed by atoms with van der Waals surface area (Å²) in [6.45, 7) is 1.64. The fourth-order valence-corrected chi connectivity index (χ4v) is 1.28. The number of ketones is 1. The van der Waals surface area contributed by atoms with Gasteiger partial charge in [0.05, 0.1) is 0 Å². The molecule has 7 heavy (non-hydrogen) atoms. The van der Waals surface area contributed by atoms with Crippen LogP contribution in [0.1, 0.15) is 13.3 Å². The van der Waals surface area contributed by atoms with Gasteiger partial charge in [0.1, 0.15) is 0 Å². The van der Waals surface area contributed by atoms with Gasteiger partial charge in [-0.25, -0.2) is 0 Å². The molecule has 0 N–H and O–H groups in total. The van der Waals surface area contributed by atoms with Gasteiger partial charge in [0.15, 0.2) is 0 Å². The number of hydrogen-bond acceptors (Lipinski definition) is 1. The van der Waals surface area contributed by atoms with Crippen molar-refractivity contribution >= 4 is 20.7 Å². The molecule has 0 aliphatic carbocycles. The summed E-state index contributed by atoms with van der Waals surface area (Å²) in [5.41, 5.74) is 0. The van der Waals surface area contributed by atoms with Crippen LogP contribution in [0.15, 0.2) is 0 Å². The Hall–Kier alpha value is 0.189. The molecule has 0 aliphatic rings. The molecule has 0 saturated carbocycles. The summed E-state index contributed by atoms with van der Waals surface area (Å²) in [7, 11) is 0. The van der Waals surface area contributed by atoms with Crippen molar-refractivity contribution in [3.63, 3.8) is 0 Å². The topological polar surface area (TPSA) is 17.1 Å². The van der Waals surface area contributed by atoms with Crippen LogP contribution in [0.3, 0.4) is 0 Å². The van der Waals surface area contributed by atoms with Crippen molar-refractivity contribution in [2.45, 2.75) is 24.5 Å². The Morgan fingerprint density at radius 1 is 1.71 bits per heavy atom. The maximum atomic E-state index is 10.2. The summed E-state index contributed by atoms with van der Waals surface area (Å²) in [6.07, 6.45) is 0.788. The van der Waals surface area contributed by atoms with Gasteiger partial charge in [-0.15, -0.1) is 0 Å². The van der Waals surface area contributed by atoms with E-state index in [0.29, 0.717) is 20.7 Å². The van der Waals surface area contributed by atoms with Crippen LogP contribution in [0.4, 0.5) is 0 Å². The number of carbonyl (C=O) groups is 1. The van der Waals surface area contributed by atoms with E-state index >= 15 is 0 Å². The van der Waals surface area contributed by atoms with E-state index in [1.165, 1.54) is 0 Å². The molecule has 0 rings (SSSR count). The molecular weight excluding hydrogens is 155 g/mol. The minimum absolute atomic E-state index is 0.323. The third kappa shape index (κ3) is 6.19. The first-order chi connectivity index (χ1) is 3.27. The van der Waals surface area contributed by atoms with Crippen LogP contribution in [0.2, 0.25) is 11.1 Å². The van der Waals surface area contributed by atoms with Crippen LogP contribution in [0.25, 0.3) is 0 Å². The summed E-state index contributed by atoms with van der Waals surface area (Å²) in [6, 6.07) is 0. The molecule has 0 saturated heterocycles. The van der Waals surface area contributed by atoms with Crippen LogP contribution >= 0.6 is 0 Å². The molecular formula is C5H10OSe. The fourth-order valence-electron chi connectivity index (χ4n) is 0.246. The summed E-state index contributed by atoms with van der Waals surface area (Å²) < 4.78 is 0. The maximum absolute atomic E-state index is 10.2. The molecule has 0 radical (unpaired) electrons. The number of Topliss-reactive ketones (excluding diaryl/α,β-unsaturated/α-hetero) is 1. The van der Waals surface area contributed by atoms with Gasteiger partial charge in [-0.05, 0) is 0 Å². The van der Waals surface area contributed by atoms with Gasteiger partial charge in [-0.1, -0.05) is 0 Å². The molecule has 42 valence electrons. The second kappa shape index (κ2) is 4.35. The zero-order valence-corrected chi connectivity index (χ0v) is 6.44. The molecule has 1 nitrogen and oxygen atoms in total. The van der Waals surface area contributed by atoms with Crippen LogP contribution in [0.5, 0.6) is 0 Å². The van der Waals surface area contributed by atoms with E-state index in [4.69, 9.17) is 0 Å². The molecule has 0 aliphatic heterocycles. The quantitative estimate of drug-likeness (QED) is 0.573. The third-order valence-electron chi connectivity index (χ3n) is 0.658. The summed E-state index contributed by atoms with van der Waals surface area (Å²) in [5, 5.41) is 1.11. The van der Waals surface area contributed by atoms with Crippen molar-refractivity contribution in [2.75, 3.05) is 0 Å². The Labute approximate surface area is 50.6 Å². The van der Waals surface area contributed by atoms with E-state index in [2.05, 4.69) is 5.82 Å². The zero-order valence-electron chi connectivity index (χ0n) is 4.73. The first kappa shape index (κ1) is 7.19. The molecule has 0 bridgehead atoms. The van der Waals surface area contributed by atoms with E-state index in [1.807, 2.05) is 0 Å². The van der Waals surface area contributed by atoms with Crippen LogP contribution in [0, 0.1) is 0 Å². The summed E-state index contributed by atoms with van der Waals surface area (Å²) in [4.78, 5) is 10.2. The van der Waals surface area contributed by atoms with E-state index < -0.39 is 0 Å². The Morgan fingerprint density at radius 3 is 2.43 bits per heavy atom. The first-order valence-electron chi connectivity index (χ1n) is 2.25. The fraction of sp³-hybridized carbons (Fsp3) is 0.800. The molecule has 0 atom stereocenters. The normalized spacial score (nSPS) is 8.86. The second-order valence-corrected chi connectivity index (χ2v) is 3.51. The standard InChI is InChI=1S/C5H10OSe/c1-5(6)3-4-7-2/h3-4H2,1-2H3. The molecule has 0 aromatic carbocycles. The SMILES string of the molecule is C[Se]CCC(C)=O. The summed E-state index contributed by atoms with van der Waals surface area (Å²) >= 11 is 0.686. The average molecular weight is 165 g/mol. The van der Waals surface area contributed by atoms with Gasteiger partial charge in [0.25, 0.3) is 0 Å². The Kier molecular flexibility index (Phi) is 4.47. The first-order valence-corrected chi connectivity index (χ1v) is 5.18.